The molecule has 0 bridgehead atoms. The van der Waals surface area contributed by atoms with Gasteiger partial charge >= 0.3 is 0 Å². The SMILES string of the molecule is O=[N+]([O-])c1ccc(NN=Cc2ccccc2[N+](=O)[O-])nc1. The molecular formula is C12H9N5O4. The molecule has 0 fully saturated rings. The third-order valence-corrected chi connectivity index (χ3v) is 2.47. The van der Waals surface area contributed by atoms with Crippen LogP contribution in [0.4, 0.5) is 17.2 Å². The summed E-state index contributed by atoms with van der Waals surface area (Å²) >= 11 is 0. The Labute approximate surface area is 118 Å². The molecular weight excluding hydrogens is 278 g/mol. The van der Waals surface area contributed by atoms with E-state index < -0.39 is 9.85 Å². The second kappa shape index (κ2) is 6.19. The molecule has 0 aliphatic rings. The van der Waals surface area contributed by atoms with Gasteiger partial charge in [-0.3, -0.25) is 25.7 Å². The van der Waals surface area contributed by atoms with Crippen LogP contribution in [0.3, 0.4) is 0 Å². The molecule has 0 atom stereocenters. The number of pyridine rings is 1. The second-order valence-electron chi connectivity index (χ2n) is 3.84. The minimum Gasteiger partial charge on any atom is -0.261 e. The molecule has 1 N–H and O–H groups in total. The maximum Gasteiger partial charge on any atom is 0.287 e. The standard InChI is InChI=1S/C12H9N5O4/c18-16(19)10-5-6-12(13-8-10)15-14-7-9-3-1-2-4-11(9)17(20)21/h1-8H,(H,13,15). The van der Waals surface area contributed by atoms with Crippen molar-refractivity contribution in [1.82, 2.24) is 4.98 Å². The largest absolute Gasteiger partial charge is 0.287 e. The number of aromatic nitrogens is 1. The van der Waals surface area contributed by atoms with Crippen LogP contribution in [0, 0.1) is 20.2 Å². The number of hydrazone groups is 1. The smallest absolute Gasteiger partial charge is 0.261 e. The van der Waals surface area contributed by atoms with Crippen molar-refractivity contribution in [1.29, 1.82) is 0 Å². The fourth-order valence-corrected chi connectivity index (χ4v) is 1.49. The lowest BCUT2D eigenvalue weighted by atomic mass is 10.2. The van der Waals surface area contributed by atoms with Crippen LogP contribution < -0.4 is 5.43 Å². The van der Waals surface area contributed by atoms with Gasteiger partial charge in [0, 0.05) is 12.1 Å². The first kappa shape index (κ1) is 14.1. The molecule has 0 aliphatic carbocycles. The van der Waals surface area contributed by atoms with Crippen LogP contribution in [-0.4, -0.2) is 21.0 Å². The number of hydrogen-bond donors (Lipinski definition) is 1. The predicted octanol–water partition coefficient (Wildman–Crippen LogP) is 2.34. The van der Waals surface area contributed by atoms with Gasteiger partial charge in [0.25, 0.3) is 11.4 Å². The zero-order chi connectivity index (χ0) is 15.2. The average Bonchev–Trinajstić information content (AvgIpc) is 2.48. The molecule has 2 rings (SSSR count). The van der Waals surface area contributed by atoms with Crippen molar-refractivity contribution in [3.8, 4) is 0 Å². The lowest BCUT2D eigenvalue weighted by Gasteiger charge is -1.99. The van der Waals surface area contributed by atoms with E-state index >= 15 is 0 Å². The van der Waals surface area contributed by atoms with Crippen LogP contribution in [0.2, 0.25) is 0 Å². The van der Waals surface area contributed by atoms with Gasteiger partial charge in [0.1, 0.15) is 12.0 Å². The molecule has 1 aromatic heterocycles. The Balaban J connectivity index is 2.09. The van der Waals surface area contributed by atoms with Gasteiger partial charge in [0.05, 0.1) is 21.6 Å². The zero-order valence-corrected chi connectivity index (χ0v) is 10.5. The van der Waals surface area contributed by atoms with Crippen LogP contribution in [0.25, 0.3) is 0 Å². The van der Waals surface area contributed by atoms with Crippen molar-refractivity contribution in [3.63, 3.8) is 0 Å². The highest BCUT2D eigenvalue weighted by Gasteiger charge is 2.10. The molecule has 0 saturated heterocycles. The molecule has 0 amide bonds. The van der Waals surface area contributed by atoms with Gasteiger partial charge < -0.3 is 0 Å². The van der Waals surface area contributed by atoms with E-state index in [1.165, 1.54) is 24.4 Å². The number of nitro benzene ring substituents is 1. The van der Waals surface area contributed by atoms with E-state index in [1.807, 2.05) is 0 Å². The first-order valence-electron chi connectivity index (χ1n) is 5.71. The van der Waals surface area contributed by atoms with Gasteiger partial charge in [-0.1, -0.05) is 12.1 Å². The van der Waals surface area contributed by atoms with Crippen molar-refractivity contribution in [2.45, 2.75) is 0 Å². The molecule has 0 radical (unpaired) electrons. The Morgan fingerprint density at radius 1 is 1.10 bits per heavy atom. The van der Waals surface area contributed by atoms with Crippen molar-refractivity contribution in [3.05, 3.63) is 68.4 Å². The van der Waals surface area contributed by atoms with Gasteiger partial charge in [-0.25, -0.2) is 4.98 Å². The maximum atomic E-state index is 10.8. The second-order valence-corrected chi connectivity index (χ2v) is 3.84. The summed E-state index contributed by atoms with van der Waals surface area (Å²) < 4.78 is 0. The molecule has 9 heteroatoms. The van der Waals surface area contributed by atoms with Crippen LogP contribution >= 0.6 is 0 Å². The fraction of sp³-hybridized carbons (Fsp3) is 0. The van der Waals surface area contributed by atoms with E-state index in [1.54, 1.807) is 18.2 Å². The summed E-state index contributed by atoms with van der Waals surface area (Å²) in [6.45, 7) is 0. The van der Waals surface area contributed by atoms with Crippen molar-refractivity contribution in [2.75, 3.05) is 5.43 Å². The molecule has 1 aromatic carbocycles. The van der Waals surface area contributed by atoms with E-state index in [0.29, 0.717) is 5.56 Å². The van der Waals surface area contributed by atoms with Gasteiger partial charge in [0.15, 0.2) is 0 Å². The van der Waals surface area contributed by atoms with E-state index in [0.717, 1.165) is 6.20 Å². The summed E-state index contributed by atoms with van der Waals surface area (Å²) in [7, 11) is 0. The summed E-state index contributed by atoms with van der Waals surface area (Å²) in [4.78, 5) is 24.0. The molecule has 9 nitrogen and oxygen atoms in total. The molecule has 2 aromatic rings. The minimum atomic E-state index is -0.562. The van der Waals surface area contributed by atoms with Gasteiger partial charge in [0.2, 0.25) is 0 Å². The minimum absolute atomic E-state index is 0.0697. The summed E-state index contributed by atoms with van der Waals surface area (Å²) in [6.07, 6.45) is 2.37. The first-order valence-corrected chi connectivity index (χ1v) is 5.71. The first-order chi connectivity index (χ1) is 10.1. The maximum absolute atomic E-state index is 10.8. The third-order valence-electron chi connectivity index (χ3n) is 2.47. The molecule has 21 heavy (non-hydrogen) atoms. The predicted molar refractivity (Wildman–Crippen MR) is 75.2 cm³/mol. The quantitative estimate of drug-likeness (QED) is 0.511. The number of anilines is 1. The summed E-state index contributed by atoms with van der Waals surface area (Å²) in [5.74, 6) is 0.287. The van der Waals surface area contributed by atoms with Gasteiger partial charge in [-0.15, -0.1) is 0 Å². The molecule has 0 unspecified atom stereocenters. The van der Waals surface area contributed by atoms with E-state index in [2.05, 4.69) is 15.5 Å². The fourth-order valence-electron chi connectivity index (χ4n) is 1.49. The van der Waals surface area contributed by atoms with E-state index in [4.69, 9.17) is 0 Å². The molecule has 0 spiro atoms. The number of hydrogen-bond acceptors (Lipinski definition) is 7. The molecule has 0 aliphatic heterocycles. The summed E-state index contributed by atoms with van der Waals surface area (Å²) in [5, 5.41) is 25.1. The van der Waals surface area contributed by atoms with Crippen molar-refractivity contribution < 1.29 is 9.85 Å². The summed E-state index contributed by atoms with van der Waals surface area (Å²) in [6, 6.07) is 8.78. The lowest BCUT2D eigenvalue weighted by Crippen LogP contribution is -1.97. The average molecular weight is 287 g/mol. The number of para-hydroxylation sites is 1. The highest BCUT2D eigenvalue weighted by atomic mass is 16.6. The van der Waals surface area contributed by atoms with E-state index in [-0.39, 0.29) is 17.2 Å². The Bertz CT molecular complexity index is 699. The lowest BCUT2D eigenvalue weighted by molar-refractivity contribution is -0.385. The number of nitrogens with one attached hydrogen (secondary N) is 1. The highest BCUT2D eigenvalue weighted by Crippen LogP contribution is 2.15. The number of rotatable bonds is 5. The van der Waals surface area contributed by atoms with E-state index in [9.17, 15) is 20.2 Å². The van der Waals surface area contributed by atoms with Gasteiger partial charge in [-0.2, -0.15) is 5.10 Å². The summed E-state index contributed by atoms with van der Waals surface area (Å²) in [5.41, 5.74) is 2.66. The van der Waals surface area contributed by atoms with Crippen molar-refractivity contribution >= 4 is 23.4 Å². The zero-order valence-electron chi connectivity index (χ0n) is 10.5. The van der Waals surface area contributed by atoms with Crippen LogP contribution in [-0.2, 0) is 0 Å². The number of nitro groups is 2. The van der Waals surface area contributed by atoms with Crippen LogP contribution in [0.1, 0.15) is 5.56 Å². The normalized spacial score (nSPS) is 10.5. The van der Waals surface area contributed by atoms with Crippen LogP contribution in [0.5, 0.6) is 0 Å². The Morgan fingerprint density at radius 2 is 1.86 bits per heavy atom. The molecule has 106 valence electrons. The van der Waals surface area contributed by atoms with Gasteiger partial charge in [-0.05, 0) is 12.1 Å². The molecule has 0 saturated carbocycles. The number of benzene rings is 1. The number of nitrogens with zero attached hydrogens (tertiary/aromatic N) is 4. The van der Waals surface area contributed by atoms with Crippen LogP contribution in [0.15, 0.2) is 47.7 Å². The highest BCUT2D eigenvalue weighted by molar-refractivity contribution is 5.85. The monoisotopic (exact) mass is 287 g/mol. The Hall–Kier alpha value is -3.36. The Kier molecular flexibility index (Phi) is 4.14. The Morgan fingerprint density at radius 3 is 2.48 bits per heavy atom. The topological polar surface area (TPSA) is 124 Å². The third kappa shape index (κ3) is 3.56. The molecule has 1 heterocycles. The van der Waals surface area contributed by atoms with Crippen molar-refractivity contribution in [2.24, 2.45) is 5.10 Å².